The third-order valence-corrected chi connectivity index (χ3v) is 2.43. The zero-order valence-electron chi connectivity index (χ0n) is 9.63. The summed E-state index contributed by atoms with van der Waals surface area (Å²) in [5, 5.41) is 0.966. The largest absolute Gasteiger partial charge is 0.461 e. The number of pyridine rings is 1. The summed E-state index contributed by atoms with van der Waals surface area (Å²) >= 11 is 0. The summed E-state index contributed by atoms with van der Waals surface area (Å²) in [6.07, 6.45) is 0. The summed E-state index contributed by atoms with van der Waals surface area (Å²) in [6, 6.07) is 3.78. The molecular formula is C12H14N2O2. The normalized spacial score (nSPS) is 10.7. The Bertz CT molecular complexity index is 543. The van der Waals surface area contributed by atoms with Crippen molar-refractivity contribution in [3.05, 3.63) is 29.1 Å². The van der Waals surface area contributed by atoms with Crippen LogP contribution in [0.25, 0.3) is 11.0 Å². The molecule has 84 valence electrons. The molecule has 2 rings (SSSR count). The highest BCUT2D eigenvalue weighted by atomic mass is 16.5. The van der Waals surface area contributed by atoms with Gasteiger partial charge in [-0.2, -0.15) is 0 Å². The molecule has 0 amide bonds. The number of H-pyrrole nitrogens is 1. The number of hydrogen-bond donors (Lipinski definition) is 1. The fraction of sp³-hybridized carbons (Fsp3) is 0.333. The minimum atomic E-state index is -0.336. The van der Waals surface area contributed by atoms with Crippen molar-refractivity contribution in [2.24, 2.45) is 0 Å². The first-order chi connectivity index (χ1) is 7.61. The van der Waals surface area contributed by atoms with E-state index in [-0.39, 0.29) is 5.97 Å². The summed E-state index contributed by atoms with van der Waals surface area (Å²) in [5.41, 5.74) is 3.23. The minimum Gasteiger partial charge on any atom is -0.461 e. The first-order valence-electron chi connectivity index (χ1n) is 5.26. The Morgan fingerprint density at radius 1 is 1.44 bits per heavy atom. The van der Waals surface area contributed by atoms with Gasteiger partial charge in [0, 0.05) is 11.1 Å². The number of nitrogens with zero attached hydrogens (tertiary/aromatic N) is 1. The van der Waals surface area contributed by atoms with E-state index in [1.54, 1.807) is 13.0 Å². The second-order valence-corrected chi connectivity index (χ2v) is 3.75. The van der Waals surface area contributed by atoms with Gasteiger partial charge < -0.3 is 9.72 Å². The Labute approximate surface area is 93.6 Å². The lowest BCUT2D eigenvalue weighted by Gasteiger charge is -1.96. The van der Waals surface area contributed by atoms with Crippen molar-refractivity contribution in [2.45, 2.75) is 20.8 Å². The van der Waals surface area contributed by atoms with Gasteiger partial charge in [-0.05, 0) is 38.5 Å². The molecule has 4 nitrogen and oxygen atoms in total. The second-order valence-electron chi connectivity index (χ2n) is 3.75. The van der Waals surface area contributed by atoms with Crippen LogP contribution in [-0.2, 0) is 4.74 Å². The van der Waals surface area contributed by atoms with Crippen LogP contribution in [0.1, 0.15) is 28.7 Å². The standard InChI is InChI=1S/C12H14N2O2/c1-4-16-12(15)10-6-9-7(2)5-8(3)13-11(9)14-10/h5-6H,4H2,1-3H3,(H,13,14). The number of rotatable bonds is 2. The SMILES string of the molecule is CCOC(=O)c1cc2c(C)cc(C)nc2[nH]1. The van der Waals surface area contributed by atoms with Crippen molar-refractivity contribution in [1.29, 1.82) is 0 Å². The summed E-state index contributed by atoms with van der Waals surface area (Å²) < 4.78 is 4.93. The van der Waals surface area contributed by atoms with Crippen LogP contribution in [0.2, 0.25) is 0 Å². The maximum atomic E-state index is 11.5. The maximum absolute atomic E-state index is 11.5. The number of esters is 1. The van der Waals surface area contributed by atoms with E-state index in [0.717, 1.165) is 22.3 Å². The molecule has 0 aliphatic carbocycles. The van der Waals surface area contributed by atoms with Gasteiger partial charge in [0.05, 0.1) is 6.61 Å². The molecule has 0 aliphatic heterocycles. The van der Waals surface area contributed by atoms with Crippen LogP contribution in [-0.4, -0.2) is 22.5 Å². The van der Waals surface area contributed by atoms with Crippen LogP contribution < -0.4 is 0 Å². The summed E-state index contributed by atoms with van der Waals surface area (Å²) in [7, 11) is 0. The predicted molar refractivity (Wildman–Crippen MR) is 61.5 cm³/mol. The van der Waals surface area contributed by atoms with Crippen molar-refractivity contribution in [1.82, 2.24) is 9.97 Å². The lowest BCUT2D eigenvalue weighted by Crippen LogP contribution is -2.04. The van der Waals surface area contributed by atoms with Crippen molar-refractivity contribution in [3.63, 3.8) is 0 Å². The van der Waals surface area contributed by atoms with E-state index >= 15 is 0 Å². The number of carbonyl (C=O) groups excluding carboxylic acids is 1. The average Bonchev–Trinajstić information content (AvgIpc) is 2.62. The van der Waals surface area contributed by atoms with E-state index in [4.69, 9.17) is 4.74 Å². The lowest BCUT2D eigenvalue weighted by molar-refractivity contribution is 0.0520. The van der Waals surface area contributed by atoms with Crippen LogP contribution >= 0.6 is 0 Å². The molecule has 0 saturated heterocycles. The molecule has 0 atom stereocenters. The Balaban J connectivity index is 2.51. The number of fused-ring (bicyclic) bond motifs is 1. The van der Waals surface area contributed by atoms with E-state index < -0.39 is 0 Å². The summed E-state index contributed by atoms with van der Waals surface area (Å²) in [5.74, 6) is -0.336. The molecule has 0 saturated carbocycles. The van der Waals surface area contributed by atoms with Gasteiger partial charge in [-0.15, -0.1) is 0 Å². The monoisotopic (exact) mass is 218 g/mol. The summed E-state index contributed by atoms with van der Waals surface area (Å²) in [6.45, 7) is 6.09. The van der Waals surface area contributed by atoms with Gasteiger partial charge in [0.1, 0.15) is 11.3 Å². The number of ether oxygens (including phenoxy) is 1. The van der Waals surface area contributed by atoms with Crippen LogP contribution in [0, 0.1) is 13.8 Å². The number of aromatic nitrogens is 2. The Morgan fingerprint density at radius 3 is 2.88 bits per heavy atom. The molecule has 2 aromatic heterocycles. The molecule has 2 aromatic rings. The van der Waals surface area contributed by atoms with Gasteiger partial charge in [0.15, 0.2) is 0 Å². The topological polar surface area (TPSA) is 55.0 Å². The molecule has 0 bridgehead atoms. The predicted octanol–water partition coefficient (Wildman–Crippen LogP) is 2.36. The Kier molecular flexibility index (Phi) is 2.64. The molecule has 0 unspecified atom stereocenters. The molecular weight excluding hydrogens is 204 g/mol. The highest BCUT2D eigenvalue weighted by Crippen LogP contribution is 2.19. The third-order valence-electron chi connectivity index (χ3n) is 2.43. The van der Waals surface area contributed by atoms with Gasteiger partial charge in [0.25, 0.3) is 0 Å². The van der Waals surface area contributed by atoms with Crippen LogP contribution in [0.15, 0.2) is 12.1 Å². The fourth-order valence-electron chi connectivity index (χ4n) is 1.75. The third kappa shape index (κ3) is 1.78. The number of aryl methyl sites for hydroxylation is 2. The molecule has 1 N–H and O–H groups in total. The number of carbonyl (C=O) groups is 1. The van der Waals surface area contributed by atoms with Crippen molar-refractivity contribution in [2.75, 3.05) is 6.61 Å². The molecule has 0 spiro atoms. The van der Waals surface area contributed by atoms with Crippen molar-refractivity contribution in [3.8, 4) is 0 Å². The smallest absolute Gasteiger partial charge is 0.354 e. The fourth-order valence-corrected chi connectivity index (χ4v) is 1.75. The van der Waals surface area contributed by atoms with Gasteiger partial charge in [0.2, 0.25) is 0 Å². The second kappa shape index (κ2) is 3.96. The zero-order chi connectivity index (χ0) is 11.7. The Hall–Kier alpha value is -1.84. The molecule has 4 heteroatoms. The molecule has 0 fully saturated rings. The highest BCUT2D eigenvalue weighted by molar-refractivity contribution is 5.94. The number of aromatic amines is 1. The first-order valence-corrected chi connectivity index (χ1v) is 5.26. The molecule has 16 heavy (non-hydrogen) atoms. The average molecular weight is 218 g/mol. The van der Waals surface area contributed by atoms with E-state index in [2.05, 4.69) is 9.97 Å². The molecule has 0 aromatic carbocycles. The first kappa shape index (κ1) is 10.7. The van der Waals surface area contributed by atoms with E-state index in [9.17, 15) is 4.79 Å². The number of nitrogens with one attached hydrogen (secondary N) is 1. The number of hydrogen-bond acceptors (Lipinski definition) is 3. The quantitative estimate of drug-likeness (QED) is 0.787. The minimum absolute atomic E-state index is 0.336. The van der Waals surface area contributed by atoms with E-state index in [1.165, 1.54) is 0 Å². The highest BCUT2D eigenvalue weighted by Gasteiger charge is 2.12. The van der Waals surface area contributed by atoms with E-state index in [1.807, 2.05) is 19.9 Å². The molecule has 0 radical (unpaired) electrons. The van der Waals surface area contributed by atoms with Crippen molar-refractivity contribution < 1.29 is 9.53 Å². The van der Waals surface area contributed by atoms with E-state index in [0.29, 0.717) is 12.3 Å². The van der Waals surface area contributed by atoms with Gasteiger partial charge in [-0.3, -0.25) is 0 Å². The van der Waals surface area contributed by atoms with Crippen LogP contribution in [0.3, 0.4) is 0 Å². The lowest BCUT2D eigenvalue weighted by atomic mass is 10.2. The molecule has 0 aliphatic rings. The van der Waals surface area contributed by atoms with Gasteiger partial charge >= 0.3 is 5.97 Å². The maximum Gasteiger partial charge on any atom is 0.354 e. The zero-order valence-corrected chi connectivity index (χ0v) is 9.63. The van der Waals surface area contributed by atoms with Gasteiger partial charge in [-0.1, -0.05) is 0 Å². The molecule has 2 heterocycles. The Morgan fingerprint density at radius 2 is 2.19 bits per heavy atom. The summed E-state index contributed by atoms with van der Waals surface area (Å²) in [4.78, 5) is 18.8. The van der Waals surface area contributed by atoms with Crippen LogP contribution in [0.4, 0.5) is 0 Å². The van der Waals surface area contributed by atoms with Crippen LogP contribution in [0.5, 0.6) is 0 Å². The van der Waals surface area contributed by atoms with Crippen molar-refractivity contribution >= 4 is 17.0 Å². The van der Waals surface area contributed by atoms with Gasteiger partial charge in [-0.25, -0.2) is 9.78 Å².